The summed E-state index contributed by atoms with van der Waals surface area (Å²) in [4.78, 5) is 19.4. The molecule has 1 aromatic carbocycles. The van der Waals surface area contributed by atoms with Gasteiger partial charge >= 0.3 is 0 Å². The molecular formula is C14H18N4O. The van der Waals surface area contributed by atoms with Gasteiger partial charge in [-0.1, -0.05) is 0 Å². The van der Waals surface area contributed by atoms with E-state index in [0.717, 1.165) is 16.5 Å². The fraction of sp³-hybridized carbons (Fsp3) is 0.286. The Labute approximate surface area is 112 Å². The Morgan fingerprint density at radius 1 is 1.21 bits per heavy atom. The van der Waals surface area contributed by atoms with Gasteiger partial charge in [-0.3, -0.25) is 9.78 Å². The predicted octanol–water partition coefficient (Wildman–Crippen LogP) is 1.34. The third kappa shape index (κ3) is 2.59. The first-order valence-corrected chi connectivity index (χ1v) is 6.04. The summed E-state index contributed by atoms with van der Waals surface area (Å²) < 4.78 is 0. The zero-order chi connectivity index (χ0) is 14.0. The van der Waals surface area contributed by atoms with Gasteiger partial charge in [0.2, 0.25) is 5.91 Å². The van der Waals surface area contributed by atoms with E-state index in [-0.39, 0.29) is 5.91 Å². The van der Waals surface area contributed by atoms with E-state index < -0.39 is 0 Å². The van der Waals surface area contributed by atoms with Crippen molar-refractivity contribution in [3.63, 3.8) is 0 Å². The van der Waals surface area contributed by atoms with Crippen molar-refractivity contribution in [3.8, 4) is 0 Å². The van der Waals surface area contributed by atoms with Crippen LogP contribution in [0.2, 0.25) is 0 Å². The molecule has 2 N–H and O–H groups in total. The lowest BCUT2D eigenvalue weighted by Gasteiger charge is -2.22. The summed E-state index contributed by atoms with van der Waals surface area (Å²) in [6.45, 7) is 0.328. The van der Waals surface area contributed by atoms with Crippen LogP contribution in [0.3, 0.4) is 0 Å². The summed E-state index contributed by atoms with van der Waals surface area (Å²) >= 11 is 0. The minimum atomic E-state index is 0.0570. The van der Waals surface area contributed by atoms with Crippen molar-refractivity contribution in [3.05, 3.63) is 30.6 Å². The highest BCUT2D eigenvalue weighted by molar-refractivity contribution is 6.01. The average Bonchev–Trinajstić information content (AvgIpc) is 2.39. The largest absolute Gasteiger partial charge is 0.398 e. The Bertz CT molecular complexity index is 609. The van der Waals surface area contributed by atoms with Gasteiger partial charge in [0.25, 0.3) is 0 Å². The van der Waals surface area contributed by atoms with Gasteiger partial charge in [-0.2, -0.15) is 0 Å². The first kappa shape index (κ1) is 13.1. The molecule has 0 bridgehead atoms. The normalized spacial score (nSPS) is 10.5. The lowest BCUT2D eigenvalue weighted by atomic mass is 10.1. The van der Waals surface area contributed by atoms with Gasteiger partial charge in [-0.25, -0.2) is 0 Å². The summed E-state index contributed by atoms with van der Waals surface area (Å²) in [5, 5.41) is 1.91. The van der Waals surface area contributed by atoms with E-state index in [1.807, 2.05) is 30.1 Å². The number of rotatable bonds is 3. The van der Waals surface area contributed by atoms with Gasteiger partial charge in [0.15, 0.2) is 0 Å². The number of pyridine rings is 1. The van der Waals surface area contributed by atoms with Crippen molar-refractivity contribution in [1.82, 2.24) is 9.88 Å². The van der Waals surface area contributed by atoms with Crippen molar-refractivity contribution in [2.24, 2.45) is 0 Å². The number of anilines is 2. The smallest absolute Gasteiger partial charge is 0.241 e. The number of hydrogen-bond acceptors (Lipinski definition) is 4. The van der Waals surface area contributed by atoms with Crippen LogP contribution in [0.4, 0.5) is 11.4 Å². The standard InChI is InChI=1S/C14H18N4O/c1-17(2)14(19)9-18(3)13-5-4-12(15)11-8-16-7-6-10(11)13/h4-8H,9,15H2,1-3H3. The second kappa shape index (κ2) is 5.14. The fourth-order valence-electron chi connectivity index (χ4n) is 1.96. The number of benzene rings is 1. The Kier molecular flexibility index (Phi) is 3.55. The molecule has 0 saturated carbocycles. The minimum Gasteiger partial charge on any atom is -0.398 e. The number of nitrogen functional groups attached to an aromatic ring is 1. The molecule has 0 aliphatic carbocycles. The summed E-state index contributed by atoms with van der Waals surface area (Å²) in [6, 6.07) is 5.69. The number of fused-ring (bicyclic) bond motifs is 1. The van der Waals surface area contributed by atoms with E-state index >= 15 is 0 Å². The molecule has 0 radical (unpaired) electrons. The number of nitrogens with zero attached hydrogens (tertiary/aromatic N) is 3. The van der Waals surface area contributed by atoms with Crippen LogP contribution in [0.15, 0.2) is 30.6 Å². The van der Waals surface area contributed by atoms with E-state index in [2.05, 4.69) is 4.98 Å². The summed E-state index contributed by atoms with van der Waals surface area (Å²) in [5.74, 6) is 0.0570. The molecule has 0 unspecified atom stereocenters. The molecule has 1 heterocycles. The van der Waals surface area contributed by atoms with Crippen molar-refractivity contribution in [1.29, 1.82) is 0 Å². The van der Waals surface area contributed by atoms with Crippen molar-refractivity contribution >= 4 is 28.1 Å². The maximum Gasteiger partial charge on any atom is 0.241 e. The fourth-order valence-corrected chi connectivity index (χ4v) is 1.96. The maximum atomic E-state index is 11.8. The molecule has 1 aromatic heterocycles. The van der Waals surface area contributed by atoms with Gasteiger partial charge in [0, 0.05) is 55.7 Å². The summed E-state index contributed by atoms with van der Waals surface area (Å²) in [5.41, 5.74) is 7.61. The lowest BCUT2D eigenvalue weighted by Crippen LogP contribution is -2.34. The molecule has 1 amide bonds. The quantitative estimate of drug-likeness (QED) is 0.844. The molecule has 2 rings (SSSR count). The van der Waals surface area contributed by atoms with Gasteiger partial charge < -0.3 is 15.5 Å². The number of amides is 1. The highest BCUT2D eigenvalue weighted by Gasteiger charge is 2.12. The molecular weight excluding hydrogens is 240 g/mol. The molecule has 100 valence electrons. The third-order valence-electron chi connectivity index (χ3n) is 3.11. The lowest BCUT2D eigenvalue weighted by molar-refractivity contribution is -0.127. The molecule has 0 saturated heterocycles. The maximum absolute atomic E-state index is 11.8. The first-order valence-electron chi connectivity index (χ1n) is 6.04. The second-order valence-electron chi connectivity index (χ2n) is 4.74. The van der Waals surface area contributed by atoms with Crippen molar-refractivity contribution in [2.45, 2.75) is 0 Å². The van der Waals surface area contributed by atoms with E-state index in [9.17, 15) is 4.79 Å². The minimum absolute atomic E-state index is 0.0570. The molecule has 5 heteroatoms. The monoisotopic (exact) mass is 258 g/mol. The van der Waals surface area contributed by atoms with E-state index in [4.69, 9.17) is 5.73 Å². The Hall–Kier alpha value is -2.30. The molecule has 19 heavy (non-hydrogen) atoms. The van der Waals surface area contributed by atoms with Gasteiger partial charge in [-0.15, -0.1) is 0 Å². The van der Waals surface area contributed by atoms with Crippen LogP contribution in [0.5, 0.6) is 0 Å². The van der Waals surface area contributed by atoms with E-state index in [0.29, 0.717) is 12.2 Å². The van der Waals surface area contributed by atoms with Crippen molar-refractivity contribution in [2.75, 3.05) is 38.3 Å². The van der Waals surface area contributed by atoms with Gasteiger partial charge in [0.05, 0.1) is 6.54 Å². The van der Waals surface area contributed by atoms with Crippen LogP contribution in [0.1, 0.15) is 0 Å². The van der Waals surface area contributed by atoms with E-state index in [1.54, 1.807) is 31.4 Å². The SMILES string of the molecule is CN(C)C(=O)CN(C)c1ccc(N)c2cnccc12. The second-order valence-corrected chi connectivity index (χ2v) is 4.74. The number of carbonyl (C=O) groups is 1. The number of carbonyl (C=O) groups excluding carboxylic acids is 1. The Morgan fingerprint density at radius 2 is 1.95 bits per heavy atom. The van der Waals surface area contributed by atoms with Crippen LogP contribution in [-0.4, -0.2) is 43.5 Å². The number of aromatic nitrogens is 1. The first-order chi connectivity index (χ1) is 9.00. The van der Waals surface area contributed by atoms with Crippen molar-refractivity contribution < 1.29 is 4.79 Å². The third-order valence-corrected chi connectivity index (χ3v) is 3.11. The Balaban J connectivity index is 2.40. The van der Waals surface area contributed by atoms with Gasteiger partial charge in [0.1, 0.15) is 0 Å². The summed E-state index contributed by atoms with van der Waals surface area (Å²) in [7, 11) is 5.40. The molecule has 0 aliphatic rings. The van der Waals surface area contributed by atoms with Crippen LogP contribution in [-0.2, 0) is 4.79 Å². The van der Waals surface area contributed by atoms with E-state index in [1.165, 1.54) is 0 Å². The zero-order valence-electron chi connectivity index (χ0n) is 11.4. The molecule has 0 spiro atoms. The van der Waals surface area contributed by atoms with Crippen LogP contribution in [0, 0.1) is 0 Å². The van der Waals surface area contributed by atoms with Crippen LogP contribution < -0.4 is 10.6 Å². The zero-order valence-corrected chi connectivity index (χ0v) is 11.4. The topological polar surface area (TPSA) is 62.5 Å². The highest BCUT2D eigenvalue weighted by Crippen LogP contribution is 2.29. The molecule has 5 nitrogen and oxygen atoms in total. The van der Waals surface area contributed by atoms with Crippen LogP contribution in [0.25, 0.3) is 10.8 Å². The number of nitrogens with two attached hydrogens (primary N) is 1. The predicted molar refractivity (Wildman–Crippen MR) is 78.1 cm³/mol. The molecule has 2 aromatic rings. The van der Waals surface area contributed by atoms with Gasteiger partial charge in [-0.05, 0) is 18.2 Å². The number of hydrogen-bond donors (Lipinski definition) is 1. The van der Waals surface area contributed by atoms with Crippen LogP contribution >= 0.6 is 0 Å². The molecule has 0 aliphatic heterocycles. The summed E-state index contributed by atoms with van der Waals surface area (Å²) in [6.07, 6.45) is 3.47. The molecule has 0 fully saturated rings. The Morgan fingerprint density at radius 3 is 2.63 bits per heavy atom. The average molecular weight is 258 g/mol. The highest BCUT2D eigenvalue weighted by atomic mass is 16.2. The molecule has 0 atom stereocenters. The number of likely N-dealkylation sites (N-methyl/N-ethyl adjacent to an activating group) is 2.